The molecule has 4 rings (SSSR count). The summed E-state index contributed by atoms with van der Waals surface area (Å²) in [5.41, 5.74) is 1.09. The van der Waals surface area contributed by atoms with Crippen LogP contribution in [0.2, 0.25) is 0 Å². The molecule has 4 aromatic rings. The Balaban J connectivity index is 1.88. The third-order valence-corrected chi connectivity index (χ3v) is 8.75. The van der Waals surface area contributed by atoms with Gasteiger partial charge in [-0.3, -0.25) is 0 Å². The molecule has 1 nitrogen and oxygen atoms in total. The highest BCUT2D eigenvalue weighted by Gasteiger charge is 2.43. The van der Waals surface area contributed by atoms with Crippen molar-refractivity contribution in [1.29, 1.82) is 0 Å². The Labute approximate surface area is 167 Å². The van der Waals surface area contributed by atoms with Crippen LogP contribution in [0.5, 0.6) is 0 Å². The van der Waals surface area contributed by atoms with Crippen LogP contribution >= 0.6 is 7.26 Å². The van der Waals surface area contributed by atoms with E-state index < -0.39 is 7.26 Å². The third kappa shape index (κ3) is 3.76. The van der Waals surface area contributed by atoms with Crippen LogP contribution in [0.15, 0.2) is 133 Å². The SMILES string of the molecule is C(=C\[P+](c1ccccc1)(c1ccccc1)c1ccccc1)/Nc1ccccc1. The van der Waals surface area contributed by atoms with Gasteiger partial charge in [-0.05, 0) is 48.5 Å². The van der Waals surface area contributed by atoms with Crippen molar-refractivity contribution < 1.29 is 0 Å². The van der Waals surface area contributed by atoms with Crippen molar-refractivity contribution in [3.05, 3.63) is 133 Å². The molecule has 28 heavy (non-hydrogen) atoms. The zero-order chi connectivity index (χ0) is 19.1. The minimum absolute atomic E-state index is 1.09. The Morgan fingerprint density at radius 2 is 0.821 bits per heavy atom. The summed E-state index contributed by atoms with van der Waals surface area (Å²) >= 11 is 0. The van der Waals surface area contributed by atoms with Crippen LogP contribution in [0, 0.1) is 0 Å². The lowest BCUT2D eigenvalue weighted by Gasteiger charge is -2.24. The molecule has 1 N–H and O–H groups in total. The van der Waals surface area contributed by atoms with E-state index >= 15 is 0 Å². The van der Waals surface area contributed by atoms with Gasteiger partial charge in [0.15, 0.2) is 0 Å². The molecule has 4 aromatic carbocycles. The van der Waals surface area contributed by atoms with Crippen LogP contribution in [0.25, 0.3) is 0 Å². The van der Waals surface area contributed by atoms with Crippen molar-refractivity contribution in [3.63, 3.8) is 0 Å². The van der Waals surface area contributed by atoms with Crippen molar-refractivity contribution in [2.24, 2.45) is 0 Å². The number of nitrogens with one attached hydrogen (secondary N) is 1. The molecule has 0 saturated heterocycles. The summed E-state index contributed by atoms with van der Waals surface area (Å²) in [4.78, 5) is 0. The van der Waals surface area contributed by atoms with Crippen molar-refractivity contribution in [2.45, 2.75) is 0 Å². The summed E-state index contributed by atoms with van der Waals surface area (Å²) in [6.45, 7) is 0. The Hall–Kier alpha value is -3.15. The van der Waals surface area contributed by atoms with Crippen molar-refractivity contribution in [3.8, 4) is 0 Å². The zero-order valence-electron chi connectivity index (χ0n) is 15.6. The maximum Gasteiger partial charge on any atom is 0.138 e. The fourth-order valence-corrected chi connectivity index (χ4v) is 7.11. The van der Waals surface area contributed by atoms with Gasteiger partial charge in [0.2, 0.25) is 0 Å². The molecule has 0 aliphatic carbocycles. The number of rotatable bonds is 6. The number of benzene rings is 4. The molecule has 0 spiro atoms. The molecule has 2 heteroatoms. The third-order valence-electron chi connectivity index (χ3n) is 4.81. The Morgan fingerprint density at radius 1 is 0.464 bits per heavy atom. The largest absolute Gasteiger partial charge is 0.359 e. The summed E-state index contributed by atoms with van der Waals surface area (Å²) in [5.74, 6) is 2.38. The molecule has 0 aliphatic heterocycles. The number of para-hydroxylation sites is 1. The lowest BCUT2D eigenvalue weighted by Crippen LogP contribution is -2.29. The van der Waals surface area contributed by atoms with Crippen LogP contribution in [0.3, 0.4) is 0 Å². The van der Waals surface area contributed by atoms with Crippen molar-refractivity contribution in [1.82, 2.24) is 0 Å². The molecule has 0 atom stereocenters. The fraction of sp³-hybridized carbons (Fsp3) is 0. The monoisotopic (exact) mass is 380 g/mol. The smallest absolute Gasteiger partial charge is 0.138 e. The number of hydrogen-bond donors (Lipinski definition) is 1. The lowest BCUT2D eigenvalue weighted by molar-refractivity contribution is 1.59. The van der Waals surface area contributed by atoms with Gasteiger partial charge in [0.05, 0.1) is 5.82 Å². The summed E-state index contributed by atoms with van der Waals surface area (Å²) in [6.07, 6.45) is 2.11. The van der Waals surface area contributed by atoms with Gasteiger partial charge in [0, 0.05) is 11.9 Å². The summed E-state index contributed by atoms with van der Waals surface area (Å²) in [7, 11) is -1.93. The highest BCUT2D eigenvalue weighted by atomic mass is 31.2. The second-order valence-electron chi connectivity index (χ2n) is 6.56. The van der Waals surface area contributed by atoms with E-state index in [1.807, 2.05) is 18.2 Å². The van der Waals surface area contributed by atoms with E-state index in [4.69, 9.17) is 0 Å². The van der Waals surface area contributed by atoms with Gasteiger partial charge < -0.3 is 5.32 Å². The van der Waals surface area contributed by atoms with E-state index in [9.17, 15) is 0 Å². The van der Waals surface area contributed by atoms with Crippen LogP contribution in [-0.4, -0.2) is 0 Å². The zero-order valence-corrected chi connectivity index (χ0v) is 16.5. The first-order chi connectivity index (χ1) is 13.9. The van der Waals surface area contributed by atoms with Crippen LogP contribution < -0.4 is 21.2 Å². The molecule has 0 fully saturated rings. The molecule has 136 valence electrons. The Kier molecular flexibility index (Phi) is 5.66. The fourth-order valence-electron chi connectivity index (χ4n) is 3.47. The minimum Gasteiger partial charge on any atom is -0.359 e. The Morgan fingerprint density at radius 3 is 1.21 bits per heavy atom. The van der Waals surface area contributed by atoms with Gasteiger partial charge in [0.1, 0.15) is 23.2 Å². The summed E-state index contributed by atoms with van der Waals surface area (Å²) < 4.78 is 0. The standard InChI is InChI=1S/C26H23NP/c1-5-13-23(14-6-1)27-21-22-28(24-15-7-2-8-16-24,25-17-9-3-10-18-25)26-19-11-4-12-20-26/h1-22,27H/q+1/b22-21+. The molecule has 0 unspecified atom stereocenters. The van der Waals surface area contributed by atoms with E-state index in [0.717, 1.165) is 5.69 Å². The molecule has 0 radical (unpaired) electrons. The maximum atomic E-state index is 3.46. The normalized spacial score (nSPS) is 11.4. The molecule has 0 amide bonds. The summed E-state index contributed by atoms with van der Waals surface area (Å²) in [6, 6.07) is 42.8. The lowest BCUT2D eigenvalue weighted by atomic mass is 10.3. The molecule has 0 bridgehead atoms. The van der Waals surface area contributed by atoms with Gasteiger partial charge in [-0.1, -0.05) is 72.8 Å². The topological polar surface area (TPSA) is 12.0 Å². The van der Waals surface area contributed by atoms with Gasteiger partial charge in [0.25, 0.3) is 0 Å². The van der Waals surface area contributed by atoms with E-state index in [1.54, 1.807) is 0 Å². The van der Waals surface area contributed by atoms with E-state index in [1.165, 1.54) is 15.9 Å². The van der Waals surface area contributed by atoms with Crippen molar-refractivity contribution in [2.75, 3.05) is 5.32 Å². The van der Waals surface area contributed by atoms with Gasteiger partial charge in [-0.15, -0.1) is 0 Å². The van der Waals surface area contributed by atoms with Crippen LogP contribution in [0.4, 0.5) is 5.69 Å². The highest BCUT2D eigenvalue weighted by molar-refractivity contribution is 7.98. The average molecular weight is 380 g/mol. The molecule has 0 aromatic heterocycles. The molecule has 0 aliphatic rings. The van der Waals surface area contributed by atoms with E-state index in [-0.39, 0.29) is 0 Å². The van der Waals surface area contributed by atoms with E-state index in [0.29, 0.717) is 0 Å². The number of anilines is 1. The molecular formula is C26H23NP+. The quantitative estimate of drug-likeness (QED) is 0.432. The average Bonchev–Trinajstić information content (AvgIpc) is 2.79. The number of hydrogen-bond acceptors (Lipinski definition) is 1. The minimum atomic E-state index is -1.93. The maximum absolute atomic E-state index is 3.46. The predicted octanol–water partition coefficient (Wildman–Crippen LogP) is 5.56. The van der Waals surface area contributed by atoms with Gasteiger partial charge >= 0.3 is 0 Å². The first-order valence-corrected chi connectivity index (χ1v) is 11.3. The molecular weight excluding hydrogens is 357 g/mol. The van der Waals surface area contributed by atoms with Gasteiger partial charge in [-0.2, -0.15) is 0 Å². The first-order valence-electron chi connectivity index (χ1n) is 9.44. The summed E-state index contributed by atoms with van der Waals surface area (Å²) in [5, 5.41) is 7.49. The highest BCUT2D eigenvalue weighted by Crippen LogP contribution is 2.56. The predicted molar refractivity (Wildman–Crippen MR) is 124 cm³/mol. The molecule has 0 heterocycles. The molecule has 0 saturated carbocycles. The second-order valence-corrected chi connectivity index (χ2v) is 9.85. The first kappa shape index (κ1) is 18.2. The van der Waals surface area contributed by atoms with Crippen molar-refractivity contribution >= 4 is 28.9 Å². The van der Waals surface area contributed by atoms with E-state index in [2.05, 4.69) is 120 Å². The van der Waals surface area contributed by atoms with Gasteiger partial charge in [-0.25, -0.2) is 0 Å². The second kappa shape index (κ2) is 8.69. The Bertz CT molecular complexity index is 916. The van der Waals surface area contributed by atoms with Crippen LogP contribution in [0.1, 0.15) is 0 Å². The van der Waals surface area contributed by atoms with Crippen LogP contribution in [-0.2, 0) is 0 Å².